The van der Waals surface area contributed by atoms with Gasteiger partial charge in [0.05, 0.1) is 5.52 Å². The minimum Gasteiger partial charge on any atom is -0.408 e. The second-order valence-corrected chi connectivity index (χ2v) is 7.74. The SMILES string of the molecule is O=C(NCC1CCN(c2cccc3cnccc23)CC1)c1ccc2[nH]c(=O)oc2c1. The Morgan fingerprint density at radius 1 is 1.20 bits per heavy atom. The van der Waals surface area contributed by atoms with E-state index in [2.05, 4.69) is 44.5 Å². The summed E-state index contributed by atoms with van der Waals surface area (Å²) < 4.78 is 5.04. The van der Waals surface area contributed by atoms with Crippen LogP contribution < -0.4 is 16.0 Å². The molecule has 0 bridgehead atoms. The molecule has 0 spiro atoms. The van der Waals surface area contributed by atoms with E-state index < -0.39 is 5.76 Å². The third-order valence-corrected chi connectivity index (χ3v) is 5.85. The quantitative estimate of drug-likeness (QED) is 0.546. The number of fused-ring (bicyclic) bond motifs is 2. The summed E-state index contributed by atoms with van der Waals surface area (Å²) in [7, 11) is 0. The van der Waals surface area contributed by atoms with Gasteiger partial charge in [0.1, 0.15) is 0 Å². The molecule has 2 aromatic carbocycles. The number of nitrogens with zero attached hydrogens (tertiary/aromatic N) is 2. The molecule has 2 N–H and O–H groups in total. The summed E-state index contributed by atoms with van der Waals surface area (Å²) in [5.41, 5.74) is 2.73. The molecular weight excluding hydrogens is 380 g/mol. The van der Waals surface area contributed by atoms with Crippen molar-refractivity contribution in [2.45, 2.75) is 12.8 Å². The monoisotopic (exact) mass is 402 g/mol. The Kier molecular flexibility index (Phi) is 4.71. The van der Waals surface area contributed by atoms with Crippen LogP contribution in [0.3, 0.4) is 0 Å². The molecule has 30 heavy (non-hydrogen) atoms. The zero-order chi connectivity index (χ0) is 20.5. The van der Waals surface area contributed by atoms with E-state index in [1.165, 1.54) is 11.1 Å². The predicted octanol–water partition coefficient (Wildman–Crippen LogP) is 3.32. The van der Waals surface area contributed by atoms with Crippen molar-refractivity contribution in [2.24, 2.45) is 5.92 Å². The Balaban J connectivity index is 1.19. The van der Waals surface area contributed by atoms with Crippen molar-refractivity contribution < 1.29 is 9.21 Å². The number of hydrogen-bond donors (Lipinski definition) is 2. The lowest BCUT2D eigenvalue weighted by Gasteiger charge is -2.34. The van der Waals surface area contributed by atoms with Crippen molar-refractivity contribution in [1.29, 1.82) is 0 Å². The van der Waals surface area contributed by atoms with Crippen LogP contribution >= 0.6 is 0 Å². The molecule has 2 aromatic heterocycles. The van der Waals surface area contributed by atoms with Crippen LogP contribution in [0.5, 0.6) is 0 Å². The Labute approximate surface area is 172 Å². The molecule has 0 aliphatic carbocycles. The second kappa shape index (κ2) is 7.67. The van der Waals surface area contributed by atoms with Crippen molar-refractivity contribution >= 4 is 33.5 Å². The summed E-state index contributed by atoms with van der Waals surface area (Å²) in [4.78, 5) is 33.0. The maximum absolute atomic E-state index is 12.5. The average Bonchev–Trinajstić information content (AvgIpc) is 3.16. The first-order valence-corrected chi connectivity index (χ1v) is 10.2. The smallest absolute Gasteiger partial charge is 0.408 e. The fourth-order valence-electron chi connectivity index (χ4n) is 4.18. The molecule has 7 nitrogen and oxygen atoms in total. The Bertz CT molecular complexity index is 1260. The first kappa shape index (κ1) is 18.4. The average molecular weight is 402 g/mol. The topological polar surface area (TPSA) is 91.2 Å². The maximum atomic E-state index is 12.5. The molecular formula is C23H22N4O3. The molecule has 1 aliphatic rings. The van der Waals surface area contributed by atoms with Gasteiger partial charge in [0.25, 0.3) is 5.91 Å². The normalized spacial score (nSPS) is 15.0. The highest BCUT2D eigenvalue weighted by Crippen LogP contribution is 2.29. The van der Waals surface area contributed by atoms with Crippen LogP contribution in [0.2, 0.25) is 0 Å². The summed E-state index contributed by atoms with van der Waals surface area (Å²) in [6.45, 7) is 2.56. The van der Waals surface area contributed by atoms with Gasteiger partial charge in [0.15, 0.2) is 5.58 Å². The summed E-state index contributed by atoms with van der Waals surface area (Å²) in [6.07, 6.45) is 5.78. The molecule has 4 aromatic rings. The van der Waals surface area contributed by atoms with Crippen molar-refractivity contribution in [3.63, 3.8) is 0 Å². The highest BCUT2D eigenvalue weighted by Gasteiger charge is 2.21. The van der Waals surface area contributed by atoms with Crippen LogP contribution in [0, 0.1) is 5.92 Å². The largest absolute Gasteiger partial charge is 0.417 e. The van der Waals surface area contributed by atoms with E-state index in [0.717, 1.165) is 31.3 Å². The van der Waals surface area contributed by atoms with Crippen LogP contribution in [-0.2, 0) is 0 Å². The summed E-state index contributed by atoms with van der Waals surface area (Å²) >= 11 is 0. The lowest BCUT2D eigenvalue weighted by molar-refractivity contribution is 0.0945. The lowest BCUT2D eigenvalue weighted by Crippen LogP contribution is -2.38. The fourth-order valence-corrected chi connectivity index (χ4v) is 4.18. The molecule has 0 saturated carbocycles. The number of amides is 1. The molecule has 0 atom stereocenters. The van der Waals surface area contributed by atoms with Crippen molar-refractivity contribution in [3.8, 4) is 0 Å². The number of nitrogens with one attached hydrogen (secondary N) is 2. The molecule has 5 rings (SSSR count). The van der Waals surface area contributed by atoms with Crippen LogP contribution in [0.25, 0.3) is 21.9 Å². The van der Waals surface area contributed by atoms with Gasteiger partial charge in [-0.05, 0) is 49.1 Å². The number of aromatic nitrogens is 2. The molecule has 1 fully saturated rings. The van der Waals surface area contributed by atoms with Gasteiger partial charge in [-0.3, -0.25) is 14.8 Å². The van der Waals surface area contributed by atoms with Gasteiger partial charge in [0, 0.05) is 54.1 Å². The minimum atomic E-state index is -0.517. The molecule has 3 heterocycles. The summed E-state index contributed by atoms with van der Waals surface area (Å²) in [5.74, 6) is -0.225. The third-order valence-electron chi connectivity index (χ3n) is 5.85. The first-order valence-electron chi connectivity index (χ1n) is 10.2. The number of rotatable bonds is 4. The molecule has 7 heteroatoms. The van der Waals surface area contributed by atoms with Gasteiger partial charge in [0.2, 0.25) is 0 Å². The minimum absolute atomic E-state index is 0.148. The van der Waals surface area contributed by atoms with E-state index in [1.807, 2.05) is 12.4 Å². The van der Waals surface area contributed by atoms with E-state index >= 15 is 0 Å². The van der Waals surface area contributed by atoms with Crippen LogP contribution in [0.4, 0.5) is 5.69 Å². The fraction of sp³-hybridized carbons (Fsp3) is 0.261. The number of benzene rings is 2. The number of piperidine rings is 1. The standard InChI is InChI=1S/C23H22N4O3/c28-22(16-4-5-19-21(12-16)30-23(29)26-19)25-13-15-7-10-27(11-8-15)20-3-1-2-17-14-24-9-6-18(17)20/h1-6,9,12,14-15H,7-8,10-11,13H2,(H,25,28)(H,26,29). The lowest BCUT2D eigenvalue weighted by atomic mass is 9.95. The molecule has 1 aliphatic heterocycles. The molecule has 0 radical (unpaired) electrons. The van der Waals surface area contributed by atoms with Crippen LogP contribution in [0.1, 0.15) is 23.2 Å². The van der Waals surface area contributed by atoms with E-state index in [9.17, 15) is 9.59 Å². The van der Waals surface area contributed by atoms with Crippen molar-refractivity contribution in [3.05, 3.63) is 71.0 Å². The Morgan fingerprint density at radius 2 is 2.07 bits per heavy atom. The summed E-state index contributed by atoms with van der Waals surface area (Å²) in [5, 5.41) is 5.41. The van der Waals surface area contributed by atoms with Crippen LogP contribution in [-0.4, -0.2) is 35.5 Å². The second-order valence-electron chi connectivity index (χ2n) is 7.74. The van der Waals surface area contributed by atoms with Crippen molar-refractivity contribution in [1.82, 2.24) is 15.3 Å². The Hall–Kier alpha value is -3.61. The molecule has 1 saturated heterocycles. The number of aromatic amines is 1. The number of H-pyrrole nitrogens is 1. The zero-order valence-corrected chi connectivity index (χ0v) is 16.4. The number of carbonyl (C=O) groups is 1. The highest BCUT2D eigenvalue weighted by molar-refractivity contribution is 5.97. The van der Waals surface area contributed by atoms with E-state index in [0.29, 0.717) is 29.1 Å². The number of hydrogen-bond acceptors (Lipinski definition) is 5. The number of pyridine rings is 1. The van der Waals surface area contributed by atoms with E-state index in [4.69, 9.17) is 4.42 Å². The van der Waals surface area contributed by atoms with Gasteiger partial charge in [-0.25, -0.2) is 4.79 Å². The number of oxazole rings is 1. The summed E-state index contributed by atoms with van der Waals surface area (Å²) in [6, 6.07) is 13.4. The van der Waals surface area contributed by atoms with Gasteiger partial charge in [-0.15, -0.1) is 0 Å². The third kappa shape index (κ3) is 3.54. The molecule has 1 amide bonds. The zero-order valence-electron chi connectivity index (χ0n) is 16.4. The van der Waals surface area contributed by atoms with Gasteiger partial charge in [-0.1, -0.05) is 12.1 Å². The maximum Gasteiger partial charge on any atom is 0.417 e. The van der Waals surface area contributed by atoms with Gasteiger partial charge in [-0.2, -0.15) is 0 Å². The van der Waals surface area contributed by atoms with Gasteiger partial charge >= 0.3 is 5.76 Å². The highest BCUT2D eigenvalue weighted by atomic mass is 16.4. The predicted molar refractivity (Wildman–Crippen MR) is 116 cm³/mol. The number of anilines is 1. The van der Waals surface area contributed by atoms with Crippen LogP contribution in [0.15, 0.2) is 64.1 Å². The van der Waals surface area contributed by atoms with Gasteiger partial charge < -0.3 is 14.6 Å². The molecule has 152 valence electrons. The molecule has 0 unspecified atom stereocenters. The van der Waals surface area contributed by atoms with Crippen molar-refractivity contribution in [2.75, 3.05) is 24.5 Å². The van der Waals surface area contributed by atoms with E-state index in [-0.39, 0.29) is 5.91 Å². The Morgan fingerprint density at radius 3 is 2.93 bits per heavy atom. The first-order chi connectivity index (χ1) is 14.7. The van der Waals surface area contributed by atoms with E-state index in [1.54, 1.807) is 18.2 Å². The number of carbonyl (C=O) groups excluding carboxylic acids is 1.